The van der Waals surface area contributed by atoms with Crippen molar-refractivity contribution in [2.24, 2.45) is 0 Å². The number of hydrogen-bond donors (Lipinski definition) is 1. The zero-order valence-electron chi connectivity index (χ0n) is 11.0. The van der Waals surface area contributed by atoms with Crippen molar-refractivity contribution in [3.63, 3.8) is 0 Å². The molecule has 1 unspecified atom stereocenters. The number of benzene rings is 1. The monoisotopic (exact) mass is 260 g/mol. The molecule has 1 aliphatic heterocycles. The molecule has 0 fully saturated rings. The fourth-order valence-electron chi connectivity index (χ4n) is 2.01. The van der Waals surface area contributed by atoms with Crippen molar-refractivity contribution in [1.82, 2.24) is 0 Å². The molecule has 0 bridgehead atoms. The standard InChI is InChI=1S/C14H16N2O3/c1-4-7-16-12-8-11(15-10(3)17)5-6-13(12)19-9(2)14(16)18/h4-6,8-9H,1,7H2,2-3H3,(H,15,17). The lowest BCUT2D eigenvalue weighted by atomic mass is 10.1. The van der Waals surface area contributed by atoms with Gasteiger partial charge in [0.25, 0.3) is 5.91 Å². The van der Waals surface area contributed by atoms with E-state index >= 15 is 0 Å². The number of hydrogen-bond acceptors (Lipinski definition) is 3. The molecular weight excluding hydrogens is 244 g/mol. The van der Waals surface area contributed by atoms with Crippen molar-refractivity contribution >= 4 is 23.2 Å². The third-order valence-corrected chi connectivity index (χ3v) is 2.80. The first-order valence-electron chi connectivity index (χ1n) is 6.03. The molecule has 1 aliphatic rings. The number of rotatable bonds is 3. The third-order valence-electron chi connectivity index (χ3n) is 2.80. The molecule has 1 atom stereocenters. The van der Waals surface area contributed by atoms with Gasteiger partial charge in [0.05, 0.1) is 5.69 Å². The molecule has 0 saturated carbocycles. The summed E-state index contributed by atoms with van der Waals surface area (Å²) in [6.45, 7) is 7.21. The fraction of sp³-hybridized carbons (Fsp3) is 0.286. The number of ether oxygens (including phenoxy) is 1. The minimum atomic E-state index is -0.515. The van der Waals surface area contributed by atoms with Crippen LogP contribution in [-0.2, 0) is 9.59 Å². The van der Waals surface area contributed by atoms with E-state index in [0.717, 1.165) is 0 Å². The van der Waals surface area contributed by atoms with Crippen LogP contribution < -0.4 is 15.0 Å². The Kier molecular flexibility index (Phi) is 3.55. The Morgan fingerprint density at radius 1 is 1.58 bits per heavy atom. The van der Waals surface area contributed by atoms with Gasteiger partial charge in [0.15, 0.2) is 6.10 Å². The molecule has 0 saturated heterocycles. The van der Waals surface area contributed by atoms with Crippen molar-refractivity contribution in [3.05, 3.63) is 30.9 Å². The van der Waals surface area contributed by atoms with Crippen molar-refractivity contribution in [2.75, 3.05) is 16.8 Å². The number of carbonyl (C=O) groups is 2. The number of carbonyl (C=O) groups excluding carboxylic acids is 2. The predicted molar refractivity (Wildman–Crippen MR) is 73.4 cm³/mol. The van der Waals surface area contributed by atoms with Gasteiger partial charge >= 0.3 is 0 Å². The van der Waals surface area contributed by atoms with Gasteiger partial charge in [-0.2, -0.15) is 0 Å². The van der Waals surface area contributed by atoms with Crippen molar-refractivity contribution in [1.29, 1.82) is 0 Å². The van der Waals surface area contributed by atoms with Crippen LogP contribution in [0.4, 0.5) is 11.4 Å². The lowest BCUT2D eigenvalue weighted by Crippen LogP contribution is -2.44. The number of anilines is 2. The first-order valence-corrected chi connectivity index (χ1v) is 6.03. The van der Waals surface area contributed by atoms with Gasteiger partial charge in [-0.15, -0.1) is 6.58 Å². The Bertz CT molecular complexity index is 539. The normalized spacial score (nSPS) is 17.5. The Hall–Kier alpha value is -2.30. The van der Waals surface area contributed by atoms with Crippen molar-refractivity contribution in [2.45, 2.75) is 20.0 Å². The zero-order chi connectivity index (χ0) is 14.0. The van der Waals surface area contributed by atoms with Gasteiger partial charge in [-0.25, -0.2) is 0 Å². The van der Waals surface area contributed by atoms with E-state index in [9.17, 15) is 9.59 Å². The number of amides is 2. The van der Waals surface area contributed by atoms with E-state index in [-0.39, 0.29) is 11.8 Å². The minimum absolute atomic E-state index is 0.118. The molecule has 5 heteroatoms. The molecule has 1 heterocycles. The molecule has 2 amide bonds. The molecule has 0 radical (unpaired) electrons. The molecular formula is C14H16N2O3. The van der Waals surface area contributed by atoms with Crippen LogP contribution in [0.3, 0.4) is 0 Å². The van der Waals surface area contributed by atoms with Gasteiger partial charge in [0, 0.05) is 19.2 Å². The highest BCUT2D eigenvalue weighted by Crippen LogP contribution is 2.36. The molecule has 1 N–H and O–H groups in total. The highest BCUT2D eigenvalue weighted by molar-refractivity contribution is 6.01. The number of nitrogens with zero attached hydrogens (tertiary/aromatic N) is 1. The van der Waals surface area contributed by atoms with E-state index in [0.29, 0.717) is 23.7 Å². The molecule has 2 rings (SSSR count). The van der Waals surface area contributed by atoms with Crippen LogP contribution in [0.2, 0.25) is 0 Å². The molecule has 19 heavy (non-hydrogen) atoms. The highest BCUT2D eigenvalue weighted by atomic mass is 16.5. The van der Waals surface area contributed by atoms with Crippen molar-refractivity contribution in [3.8, 4) is 5.75 Å². The highest BCUT2D eigenvalue weighted by Gasteiger charge is 2.30. The van der Waals surface area contributed by atoms with Crippen LogP contribution in [0, 0.1) is 0 Å². The largest absolute Gasteiger partial charge is 0.479 e. The van der Waals surface area contributed by atoms with E-state index in [1.54, 1.807) is 36.1 Å². The van der Waals surface area contributed by atoms with Crippen LogP contribution in [-0.4, -0.2) is 24.5 Å². The van der Waals surface area contributed by atoms with Gasteiger partial charge in [0.2, 0.25) is 5.91 Å². The second-order valence-electron chi connectivity index (χ2n) is 4.36. The fourth-order valence-corrected chi connectivity index (χ4v) is 2.01. The van der Waals surface area contributed by atoms with Gasteiger partial charge < -0.3 is 15.0 Å². The minimum Gasteiger partial charge on any atom is -0.479 e. The molecule has 0 aliphatic carbocycles. The summed E-state index contributed by atoms with van der Waals surface area (Å²) in [5.74, 6) is 0.349. The van der Waals surface area contributed by atoms with Crippen LogP contribution >= 0.6 is 0 Å². The first-order chi connectivity index (χ1) is 9.02. The lowest BCUT2D eigenvalue weighted by Gasteiger charge is -2.32. The topological polar surface area (TPSA) is 58.6 Å². The lowest BCUT2D eigenvalue weighted by molar-refractivity contribution is -0.125. The Labute approximate surface area is 111 Å². The van der Waals surface area contributed by atoms with E-state index in [4.69, 9.17) is 4.74 Å². The van der Waals surface area contributed by atoms with Gasteiger partial charge in [-0.05, 0) is 25.1 Å². The van der Waals surface area contributed by atoms with Gasteiger partial charge in [0.1, 0.15) is 5.75 Å². The molecule has 100 valence electrons. The quantitative estimate of drug-likeness (QED) is 0.845. The van der Waals surface area contributed by atoms with Crippen LogP contribution in [0.1, 0.15) is 13.8 Å². The number of fused-ring (bicyclic) bond motifs is 1. The first kappa shape index (κ1) is 13.1. The third kappa shape index (κ3) is 2.59. The Morgan fingerprint density at radius 2 is 2.32 bits per heavy atom. The molecule has 5 nitrogen and oxygen atoms in total. The average Bonchev–Trinajstić information content (AvgIpc) is 2.35. The molecule has 1 aromatic rings. The van der Waals surface area contributed by atoms with Crippen molar-refractivity contribution < 1.29 is 14.3 Å². The number of nitrogens with one attached hydrogen (secondary N) is 1. The SMILES string of the molecule is C=CCN1C(=O)C(C)Oc2ccc(NC(C)=O)cc21. The average molecular weight is 260 g/mol. The van der Waals surface area contributed by atoms with Gasteiger partial charge in [-0.3, -0.25) is 9.59 Å². The van der Waals surface area contributed by atoms with Crippen LogP contribution in [0.25, 0.3) is 0 Å². The maximum absolute atomic E-state index is 12.1. The van der Waals surface area contributed by atoms with Gasteiger partial charge in [-0.1, -0.05) is 6.08 Å². The maximum atomic E-state index is 12.1. The van der Waals surface area contributed by atoms with E-state index in [1.165, 1.54) is 6.92 Å². The molecule has 0 spiro atoms. The second kappa shape index (κ2) is 5.14. The zero-order valence-corrected chi connectivity index (χ0v) is 11.0. The van der Waals surface area contributed by atoms with E-state index in [1.807, 2.05) is 0 Å². The summed E-state index contributed by atoms with van der Waals surface area (Å²) in [6.07, 6.45) is 1.14. The Morgan fingerprint density at radius 3 is 2.95 bits per heavy atom. The van der Waals surface area contributed by atoms with Crippen LogP contribution in [0.15, 0.2) is 30.9 Å². The van der Waals surface area contributed by atoms with Crippen LogP contribution in [0.5, 0.6) is 5.75 Å². The summed E-state index contributed by atoms with van der Waals surface area (Å²) in [4.78, 5) is 24.7. The maximum Gasteiger partial charge on any atom is 0.268 e. The summed E-state index contributed by atoms with van der Waals surface area (Å²) in [5.41, 5.74) is 1.28. The predicted octanol–water partition coefficient (Wildman–Crippen LogP) is 1.94. The summed E-state index contributed by atoms with van der Waals surface area (Å²) >= 11 is 0. The summed E-state index contributed by atoms with van der Waals surface area (Å²) in [7, 11) is 0. The molecule has 0 aromatic heterocycles. The second-order valence-corrected chi connectivity index (χ2v) is 4.36. The summed E-state index contributed by atoms with van der Waals surface area (Å²) in [5, 5.41) is 2.69. The van der Waals surface area contributed by atoms with E-state index < -0.39 is 6.10 Å². The van der Waals surface area contributed by atoms with E-state index in [2.05, 4.69) is 11.9 Å². The summed E-state index contributed by atoms with van der Waals surface area (Å²) in [6, 6.07) is 5.22. The summed E-state index contributed by atoms with van der Waals surface area (Å²) < 4.78 is 5.54. The smallest absolute Gasteiger partial charge is 0.268 e. The molecule has 1 aromatic carbocycles. The Balaban J connectivity index is 2.42.